The predicted octanol–water partition coefficient (Wildman–Crippen LogP) is 4.38. The highest BCUT2D eigenvalue weighted by Gasteiger charge is 2.17. The van der Waals surface area contributed by atoms with Gasteiger partial charge in [-0.25, -0.2) is 13.8 Å². The summed E-state index contributed by atoms with van der Waals surface area (Å²) in [5.74, 6) is -1.41. The molecule has 0 bridgehead atoms. The van der Waals surface area contributed by atoms with Crippen LogP contribution in [0, 0.1) is 11.6 Å². The van der Waals surface area contributed by atoms with Gasteiger partial charge >= 0.3 is 0 Å². The summed E-state index contributed by atoms with van der Waals surface area (Å²) in [6.07, 6.45) is 3.79. The minimum Gasteiger partial charge on any atom is -0.479 e. The zero-order chi connectivity index (χ0) is 17.6. The fourth-order valence-corrected chi connectivity index (χ4v) is 2.24. The van der Waals surface area contributed by atoms with Gasteiger partial charge in [-0.05, 0) is 36.2 Å². The second-order valence-corrected chi connectivity index (χ2v) is 5.24. The van der Waals surface area contributed by atoms with Crippen LogP contribution in [0.1, 0.15) is 19.1 Å². The normalized spacial score (nSPS) is 10.7. The highest BCUT2D eigenvalue weighted by Crippen LogP contribution is 2.33. The average Bonchev–Trinajstić information content (AvgIpc) is 3.13. The van der Waals surface area contributed by atoms with E-state index in [-0.39, 0.29) is 6.61 Å². The number of aromatic nitrogens is 2. The van der Waals surface area contributed by atoms with E-state index in [9.17, 15) is 8.78 Å². The molecule has 1 aromatic carbocycles. The van der Waals surface area contributed by atoms with E-state index < -0.39 is 17.4 Å². The van der Waals surface area contributed by atoms with Gasteiger partial charge in [0, 0.05) is 17.8 Å². The summed E-state index contributed by atoms with van der Waals surface area (Å²) in [6, 6.07) is 7.31. The first kappa shape index (κ1) is 16.9. The third-order valence-corrected chi connectivity index (χ3v) is 3.37. The highest BCUT2D eigenvalue weighted by atomic mass is 19.1. The molecule has 0 atom stereocenters. The van der Waals surface area contributed by atoms with Crippen molar-refractivity contribution in [3.8, 4) is 22.8 Å². The minimum absolute atomic E-state index is 0.120. The lowest BCUT2D eigenvalue weighted by Crippen LogP contribution is -2.01. The van der Waals surface area contributed by atoms with Crippen molar-refractivity contribution in [2.45, 2.75) is 20.0 Å². The Morgan fingerprint density at radius 1 is 1.08 bits per heavy atom. The van der Waals surface area contributed by atoms with Crippen molar-refractivity contribution in [1.82, 2.24) is 10.1 Å². The molecule has 0 aliphatic carbocycles. The summed E-state index contributed by atoms with van der Waals surface area (Å²) in [7, 11) is 0. The summed E-state index contributed by atoms with van der Waals surface area (Å²) in [4.78, 5) is 4.13. The SMILES string of the molecule is CCCOc1ncccc1-c1cc(F)c(OCc2ccno2)c(F)c1. The van der Waals surface area contributed by atoms with Crippen molar-refractivity contribution in [2.75, 3.05) is 6.61 Å². The van der Waals surface area contributed by atoms with E-state index in [2.05, 4.69) is 10.1 Å². The summed E-state index contributed by atoms with van der Waals surface area (Å²) >= 11 is 0. The lowest BCUT2D eigenvalue weighted by Gasteiger charge is -2.12. The Kier molecular flexibility index (Phi) is 5.23. The Morgan fingerprint density at radius 2 is 1.88 bits per heavy atom. The van der Waals surface area contributed by atoms with E-state index in [4.69, 9.17) is 14.0 Å². The van der Waals surface area contributed by atoms with Gasteiger partial charge < -0.3 is 14.0 Å². The van der Waals surface area contributed by atoms with Crippen molar-refractivity contribution in [1.29, 1.82) is 0 Å². The molecule has 2 aromatic heterocycles. The van der Waals surface area contributed by atoms with Crippen LogP contribution in [0.3, 0.4) is 0 Å². The summed E-state index contributed by atoms with van der Waals surface area (Å²) in [6.45, 7) is 2.31. The predicted molar refractivity (Wildman–Crippen MR) is 86.2 cm³/mol. The molecule has 5 nitrogen and oxygen atoms in total. The van der Waals surface area contributed by atoms with Gasteiger partial charge in [0.15, 0.2) is 23.1 Å². The number of pyridine rings is 1. The van der Waals surface area contributed by atoms with Gasteiger partial charge in [0.1, 0.15) is 6.61 Å². The van der Waals surface area contributed by atoms with Crippen molar-refractivity contribution < 1.29 is 22.8 Å². The fraction of sp³-hybridized carbons (Fsp3) is 0.222. The topological polar surface area (TPSA) is 57.4 Å². The molecule has 3 rings (SSSR count). The standard InChI is InChI=1S/C18H16F2N2O3/c1-2-8-23-18-14(4-3-6-21-18)12-9-15(19)17(16(20)10-12)24-11-13-5-7-22-25-13/h3-7,9-10H,2,8,11H2,1H3. The third kappa shape index (κ3) is 3.93. The lowest BCUT2D eigenvalue weighted by atomic mass is 10.1. The van der Waals surface area contributed by atoms with Crippen LogP contribution < -0.4 is 9.47 Å². The summed E-state index contributed by atoms with van der Waals surface area (Å²) in [5, 5.41) is 3.50. The van der Waals surface area contributed by atoms with Crippen LogP contribution in [0.25, 0.3) is 11.1 Å². The second-order valence-electron chi connectivity index (χ2n) is 5.24. The van der Waals surface area contributed by atoms with Gasteiger partial charge in [0.05, 0.1) is 12.8 Å². The van der Waals surface area contributed by atoms with Gasteiger partial charge in [-0.3, -0.25) is 0 Å². The Hall–Kier alpha value is -2.96. The maximum atomic E-state index is 14.3. The number of hydrogen-bond acceptors (Lipinski definition) is 5. The zero-order valence-corrected chi connectivity index (χ0v) is 13.5. The number of rotatable bonds is 7. The van der Waals surface area contributed by atoms with E-state index in [0.29, 0.717) is 29.4 Å². The molecule has 0 amide bonds. The molecule has 0 saturated heterocycles. The molecule has 0 radical (unpaired) electrons. The summed E-state index contributed by atoms with van der Waals surface area (Å²) < 4.78 is 44.2. The minimum atomic E-state index is -0.820. The first-order chi connectivity index (χ1) is 12.2. The molecule has 25 heavy (non-hydrogen) atoms. The molecule has 0 spiro atoms. The smallest absolute Gasteiger partial charge is 0.221 e. The summed E-state index contributed by atoms with van der Waals surface area (Å²) in [5.41, 5.74) is 0.830. The zero-order valence-electron chi connectivity index (χ0n) is 13.5. The van der Waals surface area contributed by atoms with Crippen LogP contribution in [0.5, 0.6) is 11.6 Å². The Labute approximate surface area is 143 Å². The van der Waals surface area contributed by atoms with Crippen LogP contribution in [0.2, 0.25) is 0 Å². The van der Waals surface area contributed by atoms with Crippen LogP contribution >= 0.6 is 0 Å². The van der Waals surface area contributed by atoms with E-state index >= 15 is 0 Å². The fourth-order valence-electron chi connectivity index (χ4n) is 2.24. The number of nitrogens with zero attached hydrogens (tertiary/aromatic N) is 2. The maximum absolute atomic E-state index is 14.3. The molecular weight excluding hydrogens is 330 g/mol. The number of ether oxygens (including phenoxy) is 2. The third-order valence-electron chi connectivity index (χ3n) is 3.37. The quantitative estimate of drug-likeness (QED) is 0.635. The van der Waals surface area contributed by atoms with Crippen LogP contribution in [0.15, 0.2) is 47.2 Å². The largest absolute Gasteiger partial charge is 0.479 e. The second kappa shape index (κ2) is 7.74. The van der Waals surface area contributed by atoms with Crippen molar-refractivity contribution in [3.63, 3.8) is 0 Å². The van der Waals surface area contributed by atoms with Gasteiger partial charge in [0.25, 0.3) is 0 Å². The number of hydrogen-bond donors (Lipinski definition) is 0. The van der Waals surface area contributed by atoms with Crippen LogP contribution in [-0.4, -0.2) is 16.7 Å². The van der Waals surface area contributed by atoms with E-state index in [1.165, 1.54) is 18.3 Å². The molecule has 7 heteroatoms. The van der Waals surface area contributed by atoms with Gasteiger partial charge in [-0.15, -0.1) is 0 Å². The van der Waals surface area contributed by atoms with Gasteiger partial charge in [0.2, 0.25) is 5.88 Å². The van der Waals surface area contributed by atoms with Crippen molar-refractivity contribution in [2.24, 2.45) is 0 Å². The number of benzene rings is 1. The monoisotopic (exact) mass is 346 g/mol. The molecule has 0 aliphatic rings. The number of halogens is 2. The van der Waals surface area contributed by atoms with Crippen molar-refractivity contribution in [3.05, 3.63) is 60.1 Å². The van der Waals surface area contributed by atoms with Crippen LogP contribution in [-0.2, 0) is 6.61 Å². The first-order valence-electron chi connectivity index (χ1n) is 7.78. The molecule has 0 N–H and O–H groups in total. The lowest BCUT2D eigenvalue weighted by molar-refractivity contribution is 0.230. The molecule has 0 unspecified atom stereocenters. The van der Waals surface area contributed by atoms with Gasteiger partial charge in [-0.1, -0.05) is 12.1 Å². The highest BCUT2D eigenvalue weighted by molar-refractivity contribution is 5.69. The molecule has 130 valence electrons. The molecular formula is C18H16F2N2O3. The average molecular weight is 346 g/mol. The Morgan fingerprint density at radius 3 is 2.56 bits per heavy atom. The van der Waals surface area contributed by atoms with E-state index in [1.807, 2.05) is 6.92 Å². The van der Waals surface area contributed by atoms with E-state index in [0.717, 1.165) is 6.42 Å². The van der Waals surface area contributed by atoms with Crippen LogP contribution in [0.4, 0.5) is 8.78 Å². The molecule has 2 heterocycles. The molecule has 3 aromatic rings. The van der Waals surface area contributed by atoms with Gasteiger partial charge in [-0.2, -0.15) is 0 Å². The Balaban J connectivity index is 1.87. The van der Waals surface area contributed by atoms with Crippen molar-refractivity contribution >= 4 is 0 Å². The molecule has 0 fully saturated rings. The Bertz CT molecular complexity index is 815. The maximum Gasteiger partial charge on any atom is 0.221 e. The molecule has 0 saturated carbocycles. The molecule has 0 aliphatic heterocycles. The van der Waals surface area contributed by atoms with E-state index in [1.54, 1.807) is 24.4 Å². The first-order valence-corrected chi connectivity index (χ1v) is 7.78.